The lowest BCUT2D eigenvalue weighted by molar-refractivity contribution is 0.214. The van der Waals surface area contributed by atoms with Crippen molar-refractivity contribution in [3.05, 3.63) is 59.6 Å². The van der Waals surface area contributed by atoms with E-state index in [4.69, 9.17) is 16.3 Å². The first-order valence-corrected chi connectivity index (χ1v) is 7.45. The van der Waals surface area contributed by atoms with Crippen LogP contribution in [0, 0.1) is 0 Å². The van der Waals surface area contributed by atoms with Gasteiger partial charge in [-0.05, 0) is 24.3 Å². The number of carbonyl (C=O) groups is 1. The Labute approximate surface area is 135 Å². The molecule has 2 aromatic carbocycles. The molecular formula is C15H10ClN3O2S. The van der Waals surface area contributed by atoms with Gasteiger partial charge in [0.05, 0.1) is 11.7 Å². The summed E-state index contributed by atoms with van der Waals surface area (Å²) in [5.74, 6) is 0.183. The maximum atomic E-state index is 11.9. The van der Waals surface area contributed by atoms with E-state index in [1.165, 1.54) is 0 Å². The van der Waals surface area contributed by atoms with Gasteiger partial charge in [0.15, 0.2) is 0 Å². The minimum Gasteiger partial charge on any atom is -0.388 e. The van der Waals surface area contributed by atoms with Gasteiger partial charge in [0.1, 0.15) is 5.69 Å². The van der Waals surface area contributed by atoms with E-state index in [-0.39, 0.29) is 5.88 Å². The highest BCUT2D eigenvalue weighted by Crippen LogP contribution is 2.27. The third-order valence-corrected chi connectivity index (χ3v) is 3.55. The van der Waals surface area contributed by atoms with E-state index in [0.29, 0.717) is 16.4 Å². The summed E-state index contributed by atoms with van der Waals surface area (Å²) in [6.07, 6.45) is -0.632. The highest BCUT2D eigenvalue weighted by Gasteiger charge is 2.15. The third-order valence-electron chi connectivity index (χ3n) is 2.79. The highest BCUT2D eigenvalue weighted by molar-refractivity contribution is 6.99. The molecule has 0 aliphatic carbocycles. The summed E-state index contributed by atoms with van der Waals surface area (Å²) in [6.45, 7) is 0. The Kier molecular flexibility index (Phi) is 4.32. The van der Waals surface area contributed by atoms with Gasteiger partial charge in [0.2, 0.25) is 0 Å². The van der Waals surface area contributed by atoms with Crippen LogP contribution in [-0.4, -0.2) is 14.8 Å². The Balaban J connectivity index is 1.73. The molecule has 0 unspecified atom stereocenters. The van der Waals surface area contributed by atoms with E-state index in [9.17, 15) is 4.79 Å². The molecular weight excluding hydrogens is 322 g/mol. The number of hydrogen-bond donors (Lipinski definition) is 1. The molecule has 0 fully saturated rings. The lowest BCUT2D eigenvalue weighted by Crippen LogP contribution is -2.17. The lowest BCUT2D eigenvalue weighted by Gasteiger charge is -2.05. The first kappa shape index (κ1) is 14.5. The zero-order valence-corrected chi connectivity index (χ0v) is 12.8. The van der Waals surface area contributed by atoms with Crippen molar-refractivity contribution in [3.63, 3.8) is 0 Å². The summed E-state index contributed by atoms with van der Waals surface area (Å²) >= 11 is 6.78. The predicted octanol–water partition coefficient (Wildman–Crippen LogP) is 4.47. The number of amides is 1. The number of aromatic nitrogens is 2. The molecule has 0 atom stereocenters. The molecule has 0 radical (unpaired) electrons. The number of ether oxygens (including phenoxy) is 1. The summed E-state index contributed by atoms with van der Waals surface area (Å²) < 4.78 is 13.4. The molecule has 0 aliphatic rings. The van der Waals surface area contributed by atoms with Crippen molar-refractivity contribution in [2.75, 3.05) is 5.32 Å². The summed E-state index contributed by atoms with van der Waals surface area (Å²) in [5, 5.41) is 3.19. The Morgan fingerprint density at radius 2 is 1.77 bits per heavy atom. The quantitative estimate of drug-likeness (QED) is 0.769. The van der Waals surface area contributed by atoms with Crippen LogP contribution < -0.4 is 10.1 Å². The smallest absolute Gasteiger partial charge is 0.388 e. The molecule has 1 heterocycles. The van der Waals surface area contributed by atoms with Crippen LogP contribution >= 0.6 is 23.3 Å². The van der Waals surface area contributed by atoms with Crippen LogP contribution in [0.25, 0.3) is 11.3 Å². The summed E-state index contributed by atoms with van der Waals surface area (Å²) in [4.78, 5) is 11.9. The molecule has 3 rings (SSSR count). The number of nitrogens with zero attached hydrogens (tertiary/aromatic N) is 2. The molecule has 0 spiro atoms. The van der Waals surface area contributed by atoms with Crippen molar-refractivity contribution >= 4 is 35.1 Å². The second-order valence-corrected chi connectivity index (χ2v) is 5.27. The van der Waals surface area contributed by atoms with Gasteiger partial charge < -0.3 is 4.74 Å². The van der Waals surface area contributed by atoms with Gasteiger partial charge >= 0.3 is 6.09 Å². The molecule has 0 saturated heterocycles. The Hall–Kier alpha value is -2.44. The maximum absolute atomic E-state index is 11.9. The molecule has 0 bridgehead atoms. The molecule has 110 valence electrons. The largest absolute Gasteiger partial charge is 0.418 e. The fourth-order valence-electron chi connectivity index (χ4n) is 1.78. The van der Waals surface area contributed by atoms with Crippen LogP contribution in [0.2, 0.25) is 5.02 Å². The van der Waals surface area contributed by atoms with E-state index in [2.05, 4.69) is 14.1 Å². The van der Waals surface area contributed by atoms with E-state index in [1.54, 1.807) is 24.3 Å². The number of rotatable bonds is 3. The van der Waals surface area contributed by atoms with Crippen LogP contribution in [0.3, 0.4) is 0 Å². The summed E-state index contributed by atoms with van der Waals surface area (Å²) in [5.41, 5.74) is 1.96. The minimum absolute atomic E-state index is 0.183. The second kappa shape index (κ2) is 6.55. The summed E-state index contributed by atoms with van der Waals surface area (Å²) in [6, 6.07) is 16.1. The van der Waals surface area contributed by atoms with E-state index < -0.39 is 6.09 Å². The van der Waals surface area contributed by atoms with Crippen molar-refractivity contribution < 1.29 is 9.53 Å². The van der Waals surface area contributed by atoms with Crippen LogP contribution in [0.1, 0.15) is 0 Å². The zero-order valence-electron chi connectivity index (χ0n) is 11.2. The van der Waals surface area contributed by atoms with Crippen molar-refractivity contribution in [2.24, 2.45) is 0 Å². The third kappa shape index (κ3) is 3.41. The summed E-state index contributed by atoms with van der Waals surface area (Å²) in [7, 11) is 0. The Bertz CT molecular complexity index is 775. The number of nitrogens with one attached hydrogen (secondary N) is 1. The van der Waals surface area contributed by atoms with Gasteiger partial charge in [-0.25, -0.2) is 4.79 Å². The predicted molar refractivity (Wildman–Crippen MR) is 86.4 cm³/mol. The molecule has 1 N–H and O–H groups in total. The van der Waals surface area contributed by atoms with Crippen molar-refractivity contribution in [1.82, 2.24) is 8.75 Å². The van der Waals surface area contributed by atoms with Gasteiger partial charge in [-0.1, -0.05) is 41.9 Å². The normalized spacial score (nSPS) is 10.2. The fourth-order valence-corrected chi connectivity index (χ4v) is 2.41. The average Bonchev–Trinajstić information content (AvgIpc) is 2.98. The van der Waals surface area contributed by atoms with Gasteiger partial charge in [0, 0.05) is 16.3 Å². The minimum atomic E-state index is -0.632. The number of halogens is 1. The average molecular weight is 332 g/mol. The van der Waals surface area contributed by atoms with E-state index in [1.807, 2.05) is 30.3 Å². The van der Waals surface area contributed by atoms with Crippen LogP contribution in [-0.2, 0) is 0 Å². The Morgan fingerprint density at radius 3 is 2.50 bits per heavy atom. The van der Waals surface area contributed by atoms with Crippen LogP contribution in [0.4, 0.5) is 10.5 Å². The van der Waals surface area contributed by atoms with Crippen molar-refractivity contribution in [1.29, 1.82) is 0 Å². The van der Waals surface area contributed by atoms with Gasteiger partial charge in [-0.3, -0.25) is 5.32 Å². The van der Waals surface area contributed by atoms with Crippen molar-refractivity contribution in [2.45, 2.75) is 0 Å². The maximum Gasteiger partial charge on any atom is 0.418 e. The standard InChI is InChI=1S/C15H10ClN3O2S/c16-11-6-8-12(9-7-11)17-15(20)21-14-13(18-22-19-14)10-4-2-1-3-5-10/h1-9H,(H,17,20). The number of benzene rings is 2. The highest BCUT2D eigenvalue weighted by atomic mass is 35.5. The van der Waals surface area contributed by atoms with Crippen molar-refractivity contribution in [3.8, 4) is 17.1 Å². The first-order chi connectivity index (χ1) is 10.7. The SMILES string of the molecule is O=C(Nc1ccc(Cl)cc1)Oc1nsnc1-c1ccccc1. The second-order valence-electron chi connectivity index (χ2n) is 4.31. The fraction of sp³-hybridized carbons (Fsp3) is 0. The molecule has 1 aromatic heterocycles. The zero-order chi connectivity index (χ0) is 15.4. The van der Waals surface area contributed by atoms with Gasteiger partial charge in [-0.2, -0.15) is 4.37 Å². The van der Waals surface area contributed by atoms with Crippen LogP contribution in [0.15, 0.2) is 54.6 Å². The molecule has 1 amide bonds. The molecule has 0 aliphatic heterocycles. The van der Waals surface area contributed by atoms with Crippen LogP contribution in [0.5, 0.6) is 5.88 Å². The molecule has 22 heavy (non-hydrogen) atoms. The first-order valence-electron chi connectivity index (χ1n) is 6.35. The number of hydrogen-bond acceptors (Lipinski definition) is 5. The lowest BCUT2D eigenvalue weighted by atomic mass is 10.2. The molecule has 5 nitrogen and oxygen atoms in total. The van der Waals surface area contributed by atoms with E-state index in [0.717, 1.165) is 17.3 Å². The topological polar surface area (TPSA) is 64.1 Å². The Morgan fingerprint density at radius 1 is 1.05 bits per heavy atom. The van der Waals surface area contributed by atoms with E-state index >= 15 is 0 Å². The number of carbonyl (C=O) groups excluding carboxylic acids is 1. The van der Waals surface area contributed by atoms with Gasteiger partial charge in [0.25, 0.3) is 5.88 Å². The molecule has 3 aromatic rings. The monoisotopic (exact) mass is 331 g/mol. The van der Waals surface area contributed by atoms with Gasteiger partial charge in [-0.15, -0.1) is 4.37 Å². The number of anilines is 1. The molecule has 0 saturated carbocycles. The molecule has 7 heteroatoms.